The van der Waals surface area contributed by atoms with Crippen LogP contribution in [0.15, 0.2) is 42.7 Å². The van der Waals surface area contributed by atoms with Crippen LogP contribution in [0, 0.1) is 6.92 Å². The average Bonchev–Trinajstić information content (AvgIpc) is 2.88. The second-order valence-electron chi connectivity index (χ2n) is 5.20. The number of hydrogen-bond donors (Lipinski definition) is 1. The molecule has 0 fully saturated rings. The maximum absolute atomic E-state index is 11.7. The smallest absolute Gasteiger partial charge is 0.354 e. The standard InChI is InChI=1S/C17H13Cl2N3O2/c1-10-15(17(23)24)22(9-12-13(18)5-2-6-14(12)19)16(21-10)11-4-3-7-20-8-11/h2-8H,9H2,1H3,(H,23,24). The molecule has 0 atom stereocenters. The summed E-state index contributed by atoms with van der Waals surface area (Å²) in [4.78, 5) is 20.2. The van der Waals surface area contributed by atoms with Gasteiger partial charge in [0.25, 0.3) is 0 Å². The third-order valence-corrected chi connectivity index (χ3v) is 4.35. The van der Waals surface area contributed by atoms with Gasteiger partial charge in [-0.15, -0.1) is 0 Å². The Kier molecular flexibility index (Phi) is 4.55. The zero-order chi connectivity index (χ0) is 17.3. The van der Waals surface area contributed by atoms with E-state index in [-0.39, 0.29) is 12.2 Å². The predicted molar refractivity (Wildman–Crippen MR) is 92.7 cm³/mol. The molecule has 2 heterocycles. The van der Waals surface area contributed by atoms with Crippen LogP contribution >= 0.6 is 23.2 Å². The highest BCUT2D eigenvalue weighted by atomic mass is 35.5. The summed E-state index contributed by atoms with van der Waals surface area (Å²) in [5.41, 5.74) is 1.89. The van der Waals surface area contributed by atoms with E-state index in [4.69, 9.17) is 23.2 Å². The van der Waals surface area contributed by atoms with Crippen molar-refractivity contribution in [1.82, 2.24) is 14.5 Å². The fourth-order valence-electron chi connectivity index (χ4n) is 2.55. The van der Waals surface area contributed by atoms with Crippen LogP contribution in [0.4, 0.5) is 0 Å². The monoisotopic (exact) mass is 361 g/mol. The number of nitrogens with zero attached hydrogens (tertiary/aromatic N) is 3. The molecule has 0 aliphatic heterocycles. The number of carbonyl (C=O) groups is 1. The summed E-state index contributed by atoms with van der Waals surface area (Å²) < 4.78 is 1.60. The van der Waals surface area contributed by atoms with Gasteiger partial charge in [0.15, 0.2) is 5.69 Å². The molecule has 0 radical (unpaired) electrons. The van der Waals surface area contributed by atoms with Crippen LogP contribution in [0.2, 0.25) is 10.0 Å². The Morgan fingerprint density at radius 2 is 1.92 bits per heavy atom. The van der Waals surface area contributed by atoms with E-state index < -0.39 is 5.97 Å². The summed E-state index contributed by atoms with van der Waals surface area (Å²) in [7, 11) is 0. The third-order valence-electron chi connectivity index (χ3n) is 3.64. The Labute approximate surface area is 148 Å². The highest BCUT2D eigenvalue weighted by Gasteiger charge is 2.22. The Hall–Kier alpha value is -2.37. The maximum atomic E-state index is 11.7. The molecule has 3 rings (SSSR count). The second kappa shape index (κ2) is 6.63. The van der Waals surface area contributed by atoms with Gasteiger partial charge in [-0.3, -0.25) is 4.98 Å². The van der Waals surface area contributed by atoms with E-state index in [2.05, 4.69) is 9.97 Å². The summed E-state index contributed by atoms with van der Waals surface area (Å²) in [6, 6.07) is 8.78. The van der Waals surface area contributed by atoms with E-state index in [1.165, 1.54) is 0 Å². The van der Waals surface area contributed by atoms with Crippen molar-refractivity contribution in [3.05, 3.63) is 69.7 Å². The normalized spacial score (nSPS) is 10.8. The van der Waals surface area contributed by atoms with Gasteiger partial charge in [-0.25, -0.2) is 9.78 Å². The van der Waals surface area contributed by atoms with Crippen molar-refractivity contribution < 1.29 is 9.90 Å². The van der Waals surface area contributed by atoms with Crippen LogP contribution in [0.3, 0.4) is 0 Å². The van der Waals surface area contributed by atoms with Crippen LogP contribution in [0.25, 0.3) is 11.4 Å². The first kappa shape index (κ1) is 16.5. The summed E-state index contributed by atoms with van der Waals surface area (Å²) >= 11 is 12.5. The molecular weight excluding hydrogens is 349 g/mol. The number of aromatic carboxylic acids is 1. The molecule has 0 amide bonds. The molecule has 0 saturated heterocycles. The van der Waals surface area contributed by atoms with Crippen LogP contribution in [-0.4, -0.2) is 25.6 Å². The molecule has 1 N–H and O–H groups in total. The Bertz CT molecular complexity index is 887. The lowest BCUT2D eigenvalue weighted by Gasteiger charge is -2.13. The van der Waals surface area contributed by atoms with Gasteiger partial charge in [0.1, 0.15) is 5.82 Å². The fraction of sp³-hybridized carbons (Fsp3) is 0.118. The van der Waals surface area contributed by atoms with Crippen molar-refractivity contribution >= 4 is 29.2 Å². The highest BCUT2D eigenvalue weighted by molar-refractivity contribution is 6.36. The van der Waals surface area contributed by atoms with Crippen LogP contribution < -0.4 is 0 Å². The topological polar surface area (TPSA) is 68.0 Å². The molecule has 7 heteroatoms. The van der Waals surface area contributed by atoms with Gasteiger partial charge in [-0.2, -0.15) is 0 Å². The van der Waals surface area contributed by atoms with E-state index >= 15 is 0 Å². The Balaban J connectivity index is 2.20. The molecule has 122 valence electrons. The minimum Gasteiger partial charge on any atom is -0.477 e. The number of imidazole rings is 1. The number of pyridine rings is 1. The third kappa shape index (κ3) is 3.00. The number of aryl methyl sites for hydroxylation is 1. The lowest BCUT2D eigenvalue weighted by molar-refractivity contribution is 0.0685. The number of aromatic nitrogens is 3. The van der Waals surface area contributed by atoms with Gasteiger partial charge in [0, 0.05) is 33.6 Å². The first-order valence-corrected chi connectivity index (χ1v) is 7.88. The minimum absolute atomic E-state index is 0.102. The zero-order valence-electron chi connectivity index (χ0n) is 12.7. The van der Waals surface area contributed by atoms with E-state index in [0.717, 1.165) is 5.56 Å². The largest absolute Gasteiger partial charge is 0.477 e. The Morgan fingerprint density at radius 3 is 2.50 bits per heavy atom. The molecular formula is C17H13Cl2N3O2. The molecule has 0 spiro atoms. The number of carboxylic acids is 1. The molecule has 1 aromatic carbocycles. The van der Waals surface area contributed by atoms with Crippen LogP contribution in [-0.2, 0) is 6.54 Å². The number of halogens is 2. The van der Waals surface area contributed by atoms with E-state index in [9.17, 15) is 9.90 Å². The quantitative estimate of drug-likeness (QED) is 0.751. The lowest BCUT2D eigenvalue weighted by atomic mass is 10.2. The summed E-state index contributed by atoms with van der Waals surface area (Å²) in [6.07, 6.45) is 3.28. The maximum Gasteiger partial charge on any atom is 0.354 e. The van der Waals surface area contributed by atoms with Gasteiger partial charge in [-0.1, -0.05) is 29.3 Å². The van der Waals surface area contributed by atoms with Crippen molar-refractivity contribution in [2.24, 2.45) is 0 Å². The van der Waals surface area contributed by atoms with Crippen LogP contribution in [0.1, 0.15) is 21.7 Å². The van der Waals surface area contributed by atoms with Crippen molar-refractivity contribution in [1.29, 1.82) is 0 Å². The van der Waals surface area contributed by atoms with Crippen molar-refractivity contribution in [3.8, 4) is 11.4 Å². The molecule has 5 nitrogen and oxygen atoms in total. The van der Waals surface area contributed by atoms with Gasteiger partial charge >= 0.3 is 5.97 Å². The van der Waals surface area contributed by atoms with E-state index in [1.54, 1.807) is 48.1 Å². The molecule has 0 unspecified atom stereocenters. The molecule has 2 aromatic heterocycles. The predicted octanol–water partition coefficient (Wildman–Crippen LogP) is 4.31. The SMILES string of the molecule is Cc1nc(-c2cccnc2)n(Cc2c(Cl)cccc2Cl)c1C(=O)O. The molecule has 3 aromatic rings. The van der Waals surface area contributed by atoms with Gasteiger partial charge in [-0.05, 0) is 31.2 Å². The first-order valence-electron chi connectivity index (χ1n) is 7.12. The number of hydrogen-bond acceptors (Lipinski definition) is 3. The zero-order valence-corrected chi connectivity index (χ0v) is 14.2. The van der Waals surface area contributed by atoms with Gasteiger partial charge in [0.2, 0.25) is 0 Å². The van der Waals surface area contributed by atoms with Crippen molar-refractivity contribution in [2.45, 2.75) is 13.5 Å². The van der Waals surface area contributed by atoms with E-state index in [1.807, 2.05) is 6.07 Å². The highest BCUT2D eigenvalue weighted by Crippen LogP contribution is 2.29. The summed E-state index contributed by atoms with van der Waals surface area (Å²) in [6.45, 7) is 1.86. The summed E-state index contributed by atoms with van der Waals surface area (Å²) in [5.74, 6) is -0.549. The second-order valence-corrected chi connectivity index (χ2v) is 6.02. The molecule has 0 aliphatic rings. The molecule has 24 heavy (non-hydrogen) atoms. The average molecular weight is 362 g/mol. The minimum atomic E-state index is -1.06. The first-order chi connectivity index (χ1) is 11.5. The van der Waals surface area contributed by atoms with E-state index in [0.29, 0.717) is 27.1 Å². The number of rotatable bonds is 4. The van der Waals surface area contributed by atoms with Gasteiger partial charge in [0.05, 0.1) is 12.2 Å². The summed E-state index contributed by atoms with van der Waals surface area (Å²) in [5, 5.41) is 10.5. The van der Waals surface area contributed by atoms with Crippen LogP contribution in [0.5, 0.6) is 0 Å². The van der Waals surface area contributed by atoms with Crippen molar-refractivity contribution in [2.75, 3.05) is 0 Å². The molecule has 0 saturated carbocycles. The fourth-order valence-corrected chi connectivity index (χ4v) is 3.07. The lowest BCUT2D eigenvalue weighted by Crippen LogP contribution is -2.12. The van der Waals surface area contributed by atoms with Crippen molar-refractivity contribution in [3.63, 3.8) is 0 Å². The number of carboxylic acid groups (broad SMARTS) is 1. The van der Waals surface area contributed by atoms with Gasteiger partial charge < -0.3 is 9.67 Å². The molecule has 0 aliphatic carbocycles. The Morgan fingerprint density at radius 1 is 1.21 bits per heavy atom. The number of benzene rings is 1. The molecule has 0 bridgehead atoms.